The van der Waals surface area contributed by atoms with Crippen LogP contribution in [0.2, 0.25) is 0 Å². The summed E-state index contributed by atoms with van der Waals surface area (Å²) in [5, 5.41) is 18.2. The van der Waals surface area contributed by atoms with Gasteiger partial charge in [0, 0.05) is 18.1 Å². The molecule has 1 heterocycles. The van der Waals surface area contributed by atoms with E-state index in [2.05, 4.69) is 15.2 Å². The fraction of sp³-hybridized carbons (Fsp3) is 0.250. The molecule has 0 bridgehead atoms. The van der Waals surface area contributed by atoms with E-state index in [-0.39, 0.29) is 11.5 Å². The normalized spacial score (nSPS) is 10.5. The highest BCUT2D eigenvalue weighted by Gasteiger charge is 2.18. The summed E-state index contributed by atoms with van der Waals surface area (Å²) in [5.41, 5.74) is 0.191. The minimum absolute atomic E-state index is 0.120. The number of nitrogens with zero attached hydrogens (tertiary/aromatic N) is 3. The highest BCUT2D eigenvalue weighted by atomic mass is 32.2. The van der Waals surface area contributed by atoms with Crippen LogP contribution in [0, 0.1) is 10.1 Å². The number of carbonyl (C=O) groups is 1. The smallest absolute Gasteiger partial charge is 0.284 e. The lowest BCUT2D eigenvalue weighted by Crippen LogP contribution is -1.97. The van der Waals surface area contributed by atoms with Crippen molar-refractivity contribution >= 4 is 23.2 Å². The summed E-state index contributed by atoms with van der Waals surface area (Å²) in [5.74, 6) is 0.506. The van der Waals surface area contributed by atoms with E-state index in [1.54, 1.807) is 12.1 Å². The summed E-state index contributed by atoms with van der Waals surface area (Å²) in [6.07, 6.45) is 0.707. The molecular formula is C12H12N4O3S. The molecule has 0 aliphatic carbocycles. The van der Waals surface area contributed by atoms with Gasteiger partial charge in [-0.05, 0) is 30.8 Å². The lowest BCUT2D eigenvalue weighted by molar-refractivity contribution is -0.387. The van der Waals surface area contributed by atoms with Crippen LogP contribution in [0.3, 0.4) is 0 Å². The number of carbonyl (C=O) groups excluding carboxylic acids is 1. The van der Waals surface area contributed by atoms with Crippen molar-refractivity contribution in [2.24, 2.45) is 0 Å². The fourth-order valence-electron chi connectivity index (χ4n) is 1.55. The van der Waals surface area contributed by atoms with Crippen LogP contribution in [0.1, 0.15) is 30.0 Å². The molecule has 0 atom stereocenters. The van der Waals surface area contributed by atoms with Crippen molar-refractivity contribution in [1.29, 1.82) is 0 Å². The first kappa shape index (κ1) is 14.2. The number of Topliss-reactive ketones (excluding diaryl/α,β-unsaturated/α-hetero) is 1. The fourth-order valence-corrected chi connectivity index (χ4v) is 2.36. The van der Waals surface area contributed by atoms with Gasteiger partial charge in [0.15, 0.2) is 5.78 Å². The molecule has 0 unspecified atom stereocenters. The number of aromatic amines is 1. The highest BCUT2D eigenvalue weighted by molar-refractivity contribution is 7.99. The minimum atomic E-state index is -0.512. The number of nitro benzene ring substituents is 1. The van der Waals surface area contributed by atoms with Crippen molar-refractivity contribution in [3.05, 3.63) is 39.7 Å². The van der Waals surface area contributed by atoms with Crippen molar-refractivity contribution in [2.45, 2.75) is 30.3 Å². The predicted molar refractivity (Wildman–Crippen MR) is 73.0 cm³/mol. The Morgan fingerprint density at radius 1 is 1.50 bits per heavy atom. The molecule has 1 aromatic heterocycles. The van der Waals surface area contributed by atoms with Crippen molar-refractivity contribution in [1.82, 2.24) is 15.2 Å². The third-order valence-corrected chi connectivity index (χ3v) is 3.54. The summed E-state index contributed by atoms with van der Waals surface area (Å²) in [6.45, 7) is 3.30. The van der Waals surface area contributed by atoms with Gasteiger partial charge in [-0.1, -0.05) is 6.92 Å². The lowest BCUT2D eigenvalue weighted by Gasteiger charge is -2.01. The molecular weight excluding hydrogens is 280 g/mol. The number of rotatable bonds is 5. The van der Waals surface area contributed by atoms with E-state index >= 15 is 0 Å². The Bertz CT molecular complexity index is 668. The average molecular weight is 292 g/mol. The lowest BCUT2D eigenvalue weighted by atomic mass is 10.1. The van der Waals surface area contributed by atoms with Gasteiger partial charge in [0.2, 0.25) is 5.16 Å². The molecule has 0 saturated carbocycles. The zero-order valence-corrected chi connectivity index (χ0v) is 11.7. The number of hydrogen-bond donors (Lipinski definition) is 1. The molecule has 104 valence electrons. The molecule has 0 aliphatic heterocycles. The standard InChI is InChI=1S/C12H12N4O3S/c1-3-11-13-12(15-14-11)20-10-5-4-8(7(2)17)6-9(10)16(18)19/h4-6H,3H2,1-2H3,(H,13,14,15). The molecule has 0 spiro atoms. The van der Waals surface area contributed by atoms with Crippen molar-refractivity contribution in [3.63, 3.8) is 0 Å². The number of ketones is 1. The third kappa shape index (κ3) is 3.02. The van der Waals surface area contributed by atoms with Crippen LogP contribution in [0.5, 0.6) is 0 Å². The number of aryl methyl sites for hydroxylation is 1. The van der Waals surface area contributed by atoms with E-state index < -0.39 is 4.92 Å². The Hall–Kier alpha value is -2.22. The van der Waals surface area contributed by atoms with E-state index in [0.29, 0.717) is 22.0 Å². The number of hydrogen-bond acceptors (Lipinski definition) is 6. The van der Waals surface area contributed by atoms with E-state index in [1.165, 1.54) is 13.0 Å². The summed E-state index contributed by atoms with van der Waals surface area (Å²) < 4.78 is 0. The molecule has 2 rings (SSSR count). The van der Waals surface area contributed by atoms with Gasteiger partial charge in [0.05, 0.1) is 9.82 Å². The first-order chi connectivity index (χ1) is 9.51. The maximum atomic E-state index is 11.3. The average Bonchev–Trinajstić information content (AvgIpc) is 2.86. The van der Waals surface area contributed by atoms with Crippen LogP contribution in [-0.4, -0.2) is 25.9 Å². The molecule has 0 amide bonds. The number of nitro groups is 1. The zero-order chi connectivity index (χ0) is 14.7. The molecule has 1 aromatic carbocycles. The van der Waals surface area contributed by atoms with Crippen LogP contribution in [0.15, 0.2) is 28.3 Å². The molecule has 1 N–H and O–H groups in total. The number of H-pyrrole nitrogens is 1. The molecule has 2 aromatic rings. The second-order valence-corrected chi connectivity index (χ2v) is 5.03. The maximum absolute atomic E-state index is 11.3. The van der Waals surface area contributed by atoms with Crippen LogP contribution < -0.4 is 0 Å². The van der Waals surface area contributed by atoms with Crippen molar-refractivity contribution in [2.75, 3.05) is 0 Å². The van der Waals surface area contributed by atoms with E-state index in [9.17, 15) is 14.9 Å². The van der Waals surface area contributed by atoms with Gasteiger partial charge < -0.3 is 0 Å². The van der Waals surface area contributed by atoms with Crippen molar-refractivity contribution < 1.29 is 9.72 Å². The van der Waals surface area contributed by atoms with Gasteiger partial charge in [-0.2, -0.15) is 0 Å². The molecule has 7 nitrogen and oxygen atoms in total. The summed E-state index contributed by atoms with van der Waals surface area (Å²) in [4.78, 5) is 26.4. The SMILES string of the molecule is CCc1nc(Sc2ccc(C(C)=O)cc2[N+](=O)[O-])n[nH]1. The zero-order valence-electron chi connectivity index (χ0n) is 10.9. The highest BCUT2D eigenvalue weighted by Crippen LogP contribution is 2.33. The Balaban J connectivity index is 2.35. The van der Waals surface area contributed by atoms with E-state index in [0.717, 1.165) is 17.6 Å². The predicted octanol–water partition coefficient (Wildman–Crippen LogP) is 2.63. The summed E-state index contributed by atoms with van der Waals surface area (Å²) >= 11 is 1.09. The Morgan fingerprint density at radius 3 is 2.80 bits per heavy atom. The first-order valence-corrected chi connectivity index (χ1v) is 6.71. The summed E-state index contributed by atoms with van der Waals surface area (Å²) in [7, 11) is 0. The summed E-state index contributed by atoms with van der Waals surface area (Å²) in [6, 6.07) is 4.38. The Kier molecular flexibility index (Phi) is 4.14. The second-order valence-electron chi connectivity index (χ2n) is 4.02. The molecule has 0 fully saturated rings. The molecule has 0 saturated heterocycles. The molecule has 0 aliphatic rings. The maximum Gasteiger partial charge on any atom is 0.284 e. The van der Waals surface area contributed by atoms with Crippen LogP contribution >= 0.6 is 11.8 Å². The number of aromatic nitrogens is 3. The quantitative estimate of drug-likeness (QED) is 0.516. The van der Waals surface area contributed by atoms with E-state index in [1.807, 2.05) is 6.92 Å². The third-order valence-electron chi connectivity index (χ3n) is 2.61. The van der Waals surface area contributed by atoms with Gasteiger partial charge in [0.25, 0.3) is 5.69 Å². The molecule has 8 heteroatoms. The van der Waals surface area contributed by atoms with Crippen molar-refractivity contribution in [3.8, 4) is 0 Å². The second kappa shape index (κ2) is 5.83. The Morgan fingerprint density at radius 2 is 2.25 bits per heavy atom. The monoisotopic (exact) mass is 292 g/mol. The van der Waals surface area contributed by atoms with Crippen LogP contribution in [0.25, 0.3) is 0 Å². The van der Waals surface area contributed by atoms with Crippen LogP contribution in [-0.2, 0) is 6.42 Å². The minimum Gasteiger partial charge on any atom is -0.295 e. The van der Waals surface area contributed by atoms with E-state index in [4.69, 9.17) is 0 Å². The van der Waals surface area contributed by atoms with Crippen LogP contribution in [0.4, 0.5) is 5.69 Å². The Labute approximate surface area is 119 Å². The first-order valence-electron chi connectivity index (χ1n) is 5.89. The molecule has 0 radical (unpaired) electrons. The largest absolute Gasteiger partial charge is 0.295 e. The van der Waals surface area contributed by atoms with Gasteiger partial charge in [0.1, 0.15) is 5.82 Å². The molecule has 20 heavy (non-hydrogen) atoms. The van der Waals surface area contributed by atoms with Gasteiger partial charge >= 0.3 is 0 Å². The van der Waals surface area contributed by atoms with Gasteiger partial charge in [-0.25, -0.2) is 4.98 Å². The number of benzene rings is 1. The van der Waals surface area contributed by atoms with Gasteiger partial charge in [-0.15, -0.1) is 5.10 Å². The topological polar surface area (TPSA) is 102 Å². The van der Waals surface area contributed by atoms with Gasteiger partial charge in [-0.3, -0.25) is 20.0 Å². The number of nitrogens with one attached hydrogen (secondary N) is 1.